The maximum atomic E-state index is 4.62. The second kappa shape index (κ2) is 9.84. The van der Waals surface area contributed by atoms with Crippen LogP contribution in [-0.4, -0.2) is 12.3 Å². The summed E-state index contributed by atoms with van der Waals surface area (Å²) in [5.41, 5.74) is 2.76. The van der Waals surface area contributed by atoms with Gasteiger partial charge in [0.1, 0.15) is 5.82 Å². The first-order chi connectivity index (χ1) is 14.4. The van der Waals surface area contributed by atoms with E-state index in [-0.39, 0.29) is 6.04 Å². The molecule has 2 unspecified atom stereocenters. The molecule has 1 aliphatic heterocycles. The molecular formula is C26H36N4. The Hall–Kier alpha value is -2.75. The molecule has 30 heavy (non-hydrogen) atoms. The average molecular weight is 405 g/mol. The highest BCUT2D eigenvalue weighted by atomic mass is 15.2. The lowest BCUT2D eigenvalue weighted by atomic mass is 10.1. The van der Waals surface area contributed by atoms with Gasteiger partial charge in [0.05, 0.1) is 6.04 Å². The van der Waals surface area contributed by atoms with Gasteiger partial charge in [0.15, 0.2) is 5.82 Å². The lowest BCUT2D eigenvalue weighted by molar-refractivity contribution is 0.525. The van der Waals surface area contributed by atoms with Gasteiger partial charge in [-0.05, 0) is 47.9 Å². The summed E-state index contributed by atoms with van der Waals surface area (Å²) in [6.45, 7) is 11.3. The van der Waals surface area contributed by atoms with Crippen molar-refractivity contribution >= 4 is 17.6 Å². The van der Waals surface area contributed by atoms with E-state index in [9.17, 15) is 0 Å². The number of hydrogen-bond donors (Lipinski definition) is 3. The molecule has 0 saturated heterocycles. The molecule has 0 radical (unpaired) electrons. The van der Waals surface area contributed by atoms with Crippen molar-refractivity contribution in [3.8, 4) is 0 Å². The van der Waals surface area contributed by atoms with Gasteiger partial charge in [0.25, 0.3) is 0 Å². The summed E-state index contributed by atoms with van der Waals surface area (Å²) in [5.74, 6) is 3.19. The molecule has 1 aliphatic carbocycles. The molecule has 2 aliphatic rings. The Morgan fingerprint density at radius 2 is 1.50 bits per heavy atom. The number of para-hydroxylation sites is 2. The minimum absolute atomic E-state index is 0.211. The fraction of sp³-hybridized carbons (Fsp3) is 0.423. The van der Waals surface area contributed by atoms with Crippen LogP contribution in [0.4, 0.5) is 11.4 Å². The van der Waals surface area contributed by atoms with Crippen molar-refractivity contribution < 1.29 is 0 Å². The number of aliphatic imine (C=N–C) groups is 1. The number of nitrogens with one attached hydrogen (secondary N) is 3. The summed E-state index contributed by atoms with van der Waals surface area (Å²) in [6, 6.07) is 20.4. The minimum Gasteiger partial charge on any atom is -0.361 e. The predicted molar refractivity (Wildman–Crippen MR) is 130 cm³/mol. The standard InChI is InChI=1S/C19H22N4.C7H14/c1-14(2)17-13-20-18(21-15-9-5-3-6-10-15)19(23-17)22-16-11-7-4-8-12-16;1-4-6-5-7(6,2)3/h3-14,17,21-23H,1-2H3;6H,4-5H2,1-3H3. The molecule has 0 bridgehead atoms. The monoisotopic (exact) mass is 404 g/mol. The van der Waals surface area contributed by atoms with Crippen LogP contribution in [0.1, 0.15) is 47.5 Å². The van der Waals surface area contributed by atoms with Crippen LogP contribution >= 0.6 is 0 Å². The van der Waals surface area contributed by atoms with Gasteiger partial charge in [-0.1, -0.05) is 77.4 Å². The van der Waals surface area contributed by atoms with E-state index in [0.717, 1.165) is 34.3 Å². The fourth-order valence-corrected chi connectivity index (χ4v) is 3.62. The quantitative estimate of drug-likeness (QED) is 0.516. The maximum Gasteiger partial charge on any atom is 0.171 e. The summed E-state index contributed by atoms with van der Waals surface area (Å²) in [4.78, 5) is 4.62. The zero-order chi connectivity index (χ0) is 21.6. The summed E-state index contributed by atoms with van der Waals surface area (Å²) < 4.78 is 0. The molecule has 4 heteroatoms. The molecule has 0 spiro atoms. The first kappa shape index (κ1) is 21.9. The van der Waals surface area contributed by atoms with Gasteiger partial charge in [0.2, 0.25) is 0 Å². The van der Waals surface area contributed by atoms with E-state index in [1.54, 1.807) is 0 Å². The van der Waals surface area contributed by atoms with E-state index in [1.165, 1.54) is 12.8 Å². The summed E-state index contributed by atoms with van der Waals surface area (Å²) in [6.07, 6.45) is 4.81. The molecule has 4 rings (SSSR count). The van der Waals surface area contributed by atoms with Crippen molar-refractivity contribution in [3.05, 3.63) is 72.3 Å². The summed E-state index contributed by atoms with van der Waals surface area (Å²) >= 11 is 0. The molecule has 1 saturated carbocycles. The maximum absolute atomic E-state index is 4.62. The molecule has 4 nitrogen and oxygen atoms in total. The Balaban J connectivity index is 0.000000310. The van der Waals surface area contributed by atoms with E-state index in [1.807, 2.05) is 66.9 Å². The Bertz CT molecular complexity index is 853. The molecule has 0 amide bonds. The van der Waals surface area contributed by atoms with Crippen LogP contribution in [0.5, 0.6) is 0 Å². The van der Waals surface area contributed by atoms with Gasteiger partial charge in [-0.2, -0.15) is 0 Å². The smallest absolute Gasteiger partial charge is 0.171 e. The Labute approximate surface area is 181 Å². The number of benzene rings is 2. The zero-order valence-corrected chi connectivity index (χ0v) is 18.9. The molecule has 2 atom stereocenters. The molecule has 2 aromatic carbocycles. The molecule has 3 N–H and O–H groups in total. The first-order valence-electron chi connectivity index (χ1n) is 11.1. The van der Waals surface area contributed by atoms with E-state index in [2.05, 4.69) is 55.6 Å². The molecule has 2 aromatic rings. The average Bonchev–Trinajstić information content (AvgIpc) is 3.38. The van der Waals surface area contributed by atoms with E-state index in [0.29, 0.717) is 5.92 Å². The molecule has 160 valence electrons. The third-order valence-electron chi connectivity index (χ3n) is 5.92. The van der Waals surface area contributed by atoms with Crippen LogP contribution in [0.3, 0.4) is 0 Å². The second-order valence-electron chi connectivity index (χ2n) is 9.20. The lowest BCUT2D eigenvalue weighted by Crippen LogP contribution is -2.40. The van der Waals surface area contributed by atoms with Crippen molar-refractivity contribution in [2.75, 3.05) is 10.6 Å². The van der Waals surface area contributed by atoms with Crippen LogP contribution in [-0.2, 0) is 0 Å². The lowest BCUT2D eigenvalue weighted by Gasteiger charge is -2.27. The van der Waals surface area contributed by atoms with Crippen LogP contribution in [0.15, 0.2) is 77.3 Å². The summed E-state index contributed by atoms with van der Waals surface area (Å²) in [7, 11) is 0. The van der Waals surface area contributed by atoms with Crippen molar-refractivity contribution in [2.45, 2.75) is 53.5 Å². The molecule has 0 aromatic heterocycles. The van der Waals surface area contributed by atoms with E-state index >= 15 is 0 Å². The molecule has 1 heterocycles. The minimum atomic E-state index is 0.211. The molecule has 1 fully saturated rings. The van der Waals surface area contributed by atoms with Crippen molar-refractivity contribution in [3.63, 3.8) is 0 Å². The van der Waals surface area contributed by atoms with Crippen molar-refractivity contribution in [1.82, 2.24) is 5.32 Å². The summed E-state index contributed by atoms with van der Waals surface area (Å²) in [5, 5.41) is 10.3. The molecular weight excluding hydrogens is 368 g/mol. The van der Waals surface area contributed by atoms with Crippen molar-refractivity contribution in [1.29, 1.82) is 0 Å². The SMILES string of the molecule is CC(C)C1C=NC(Nc2ccccc2)=C(Nc2ccccc2)N1.CCC1CC1(C)C. The number of rotatable bonds is 6. The van der Waals surface area contributed by atoms with Crippen LogP contribution in [0.2, 0.25) is 0 Å². The highest BCUT2D eigenvalue weighted by Gasteiger charge is 2.43. The zero-order valence-electron chi connectivity index (χ0n) is 18.9. The Morgan fingerprint density at radius 1 is 0.967 bits per heavy atom. The van der Waals surface area contributed by atoms with E-state index in [4.69, 9.17) is 0 Å². The van der Waals surface area contributed by atoms with Gasteiger partial charge < -0.3 is 16.0 Å². The van der Waals surface area contributed by atoms with Gasteiger partial charge in [-0.25, -0.2) is 4.99 Å². The van der Waals surface area contributed by atoms with Crippen LogP contribution < -0.4 is 16.0 Å². The topological polar surface area (TPSA) is 48.5 Å². The normalized spacial score (nSPS) is 21.4. The van der Waals surface area contributed by atoms with Gasteiger partial charge in [-0.3, -0.25) is 0 Å². The second-order valence-corrected chi connectivity index (χ2v) is 9.20. The highest BCUT2D eigenvalue weighted by Crippen LogP contribution is 2.53. The van der Waals surface area contributed by atoms with Crippen LogP contribution in [0.25, 0.3) is 0 Å². The largest absolute Gasteiger partial charge is 0.361 e. The number of anilines is 2. The number of hydrogen-bond acceptors (Lipinski definition) is 4. The predicted octanol–water partition coefficient (Wildman–Crippen LogP) is 6.48. The van der Waals surface area contributed by atoms with Gasteiger partial charge >= 0.3 is 0 Å². The third kappa shape index (κ3) is 6.12. The van der Waals surface area contributed by atoms with Crippen molar-refractivity contribution in [2.24, 2.45) is 22.2 Å². The van der Waals surface area contributed by atoms with Crippen LogP contribution in [0, 0.1) is 17.3 Å². The van der Waals surface area contributed by atoms with E-state index < -0.39 is 0 Å². The highest BCUT2D eigenvalue weighted by molar-refractivity contribution is 5.71. The Morgan fingerprint density at radius 3 is 1.93 bits per heavy atom. The van der Waals surface area contributed by atoms with Gasteiger partial charge in [0, 0.05) is 17.6 Å². The number of nitrogens with zero attached hydrogens (tertiary/aromatic N) is 1. The fourth-order valence-electron chi connectivity index (χ4n) is 3.62. The third-order valence-corrected chi connectivity index (χ3v) is 5.92. The first-order valence-corrected chi connectivity index (χ1v) is 11.1. The Kier molecular flexibility index (Phi) is 7.20. The van der Waals surface area contributed by atoms with Gasteiger partial charge in [-0.15, -0.1) is 0 Å².